The van der Waals surface area contributed by atoms with Crippen LogP contribution in [0.25, 0.3) is 0 Å². The lowest BCUT2D eigenvalue weighted by atomic mass is 10.2. The molecule has 92 valence electrons. The molecule has 0 aliphatic carbocycles. The zero-order valence-corrected chi connectivity index (χ0v) is 9.27. The van der Waals surface area contributed by atoms with Crippen molar-refractivity contribution in [2.75, 3.05) is 27.1 Å². The number of rotatable bonds is 5. The average Bonchev–Trinajstić information content (AvgIpc) is 2.30. The zero-order chi connectivity index (χ0) is 11.8. The van der Waals surface area contributed by atoms with E-state index in [2.05, 4.69) is 4.74 Å². The summed E-state index contributed by atoms with van der Waals surface area (Å²) in [6.45, 7) is 0.974. The molecule has 6 nitrogen and oxygen atoms in total. The van der Waals surface area contributed by atoms with Gasteiger partial charge in [0.05, 0.1) is 20.3 Å². The van der Waals surface area contributed by atoms with Crippen molar-refractivity contribution in [2.45, 2.75) is 25.4 Å². The topological polar surface area (TPSA) is 71.1 Å². The molecule has 1 fully saturated rings. The highest BCUT2D eigenvalue weighted by Gasteiger charge is 2.18. The van der Waals surface area contributed by atoms with Gasteiger partial charge in [0.2, 0.25) is 0 Å². The lowest BCUT2D eigenvalue weighted by Crippen LogP contribution is -2.33. The van der Waals surface area contributed by atoms with Crippen LogP contribution >= 0.6 is 0 Å². The molecule has 16 heavy (non-hydrogen) atoms. The van der Waals surface area contributed by atoms with Crippen LogP contribution in [-0.4, -0.2) is 45.2 Å². The van der Waals surface area contributed by atoms with E-state index in [0.29, 0.717) is 19.6 Å². The molecule has 0 aromatic carbocycles. The van der Waals surface area contributed by atoms with Crippen LogP contribution in [0.1, 0.15) is 19.3 Å². The first-order valence-electron chi connectivity index (χ1n) is 5.14. The summed E-state index contributed by atoms with van der Waals surface area (Å²) in [7, 11) is 1.32. The van der Waals surface area contributed by atoms with Gasteiger partial charge in [-0.1, -0.05) is 0 Å². The van der Waals surface area contributed by atoms with Gasteiger partial charge in [-0.15, -0.1) is 0 Å². The maximum atomic E-state index is 11.3. The highest BCUT2D eigenvalue weighted by molar-refractivity contribution is 5.72. The van der Waals surface area contributed by atoms with Crippen molar-refractivity contribution in [2.24, 2.45) is 0 Å². The Balaban J connectivity index is 2.08. The second kappa shape index (κ2) is 7.19. The average molecular weight is 232 g/mol. The molecule has 0 spiro atoms. The van der Waals surface area contributed by atoms with E-state index in [9.17, 15) is 9.59 Å². The van der Waals surface area contributed by atoms with Crippen molar-refractivity contribution in [3.05, 3.63) is 0 Å². The fourth-order valence-electron chi connectivity index (χ4n) is 1.26. The fraction of sp³-hybridized carbons (Fsp3) is 0.800. The normalized spacial score (nSPS) is 16.8. The first kappa shape index (κ1) is 12.9. The van der Waals surface area contributed by atoms with E-state index in [1.165, 1.54) is 7.11 Å². The van der Waals surface area contributed by atoms with E-state index >= 15 is 0 Å². The number of hydrogen-bond acceptors (Lipinski definition) is 6. The van der Waals surface area contributed by atoms with Crippen LogP contribution in [0.4, 0.5) is 0 Å². The van der Waals surface area contributed by atoms with Crippen molar-refractivity contribution in [3.8, 4) is 0 Å². The number of ether oxygens (including phenoxy) is 4. The Morgan fingerprint density at radius 1 is 1.19 bits per heavy atom. The molecule has 1 aliphatic rings. The number of carbonyl (C=O) groups is 2. The number of methoxy groups -OCH3 is 1. The Morgan fingerprint density at radius 3 is 2.44 bits per heavy atom. The molecule has 6 heteroatoms. The second-order valence-corrected chi connectivity index (χ2v) is 3.40. The van der Waals surface area contributed by atoms with E-state index in [-0.39, 0.29) is 37.7 Å². The lowest BCUT2D eigenvalue weighted by Gasteiger charge is -2.22. The smallest absolute Gasteiger partial charge is 0.306 e. The second-order valence-electron chi connectivity index (χ2n) is 3.40. The molecule has 0 atom stereocenters. The summed E-state index contributed by atoms with van der Waals surface area (Å²) in [6.07, 6.45) is 0.522. The lowest BCUT2D eigenvalue weighted by molar-refractivity contribution is -0.183. The van der Waals surface area contributed by atoms with Crippen LogP contribution in [0.2, 0.25) is 0 Å². The van der Waals surface area contributed by atoms with Gasteiger partial charge in [-0.2, -0.15) is 0 Å². The molecule has 1 rings (SSSR count). The third-order valence-corrected chi connectivity index (χ3v) is 2.06. The molecule has 1 aliphatic heterocycles. The van der Waals surface area contributed by atoms with Gasteiger partial charge >= 0.3 is 11.9 Å². The van der Waals surface area contributed by atoms with Crippen LogP contribution in [0.3, 0.4) is 0 Å². The van der Waals surface area contributed by atoms with Gasteiger partial charge in [-0.3, -0.25) is 9.59 Å². The van der Waals surface area contributed by atoms with E-state index in [1.54, 1.807) is 0 Å². The largest absolute Gasteiger partial charge is 0.469 e. The van der Waals surface area contributed by atoms with Gasteiger partial charge in [-0.05, 0) is 6.42 Å². The van der Waals surface area contributed by atoms with Crippen molar-refractivity contribution in [3.63, 3.8) is 0 Å². The predicted molar refractivity (Wildman–Crippen MR) is 52.5 cm³/mol. The van der Waals surface area contributed by atoms with E-state index < -0.39 is 0 Å². The molecule has 0 unspecified atom stereocenters. The van der Waals surface area contributed by atoms with E-state index in [0.717, 1.165) is 0 Å². The number of carbonyl (C=O) groups excluding carboxylic acids is 2. The minimum atomic E-state index is -0.344. The maximum Gasteiger partial charge on any atom is 0.306 e. The van der Waals surface area contributed by atoms with Crippen LogP contribution in [-0.2, 0) is 28.5 Å². The molecule has 0 radical (unpaired) electrons. The summed E-state index contributed by atoms with van der Waals surface area (Å²) in [5, 5.41) is 0. The number of esters is 2. The fourth-order valence-corrected chi connectivity index (χ4v) is 1.26. The molecule has 0 amide bonds. The molecule has 1 heterocycles. The third-order valence-electron chi connectivity index (χ3n) is 2.06. The summed E-state index contributed by atoms with van der Waals surface area (Å²) in [5.41, 5.74) is 0. The summed E-state index contributed by atoms with van der Waals surface area (Å²) in [6, 6.07) is 0. The van der Waals surface area contributed by atoms with Crippen LogP contribution in [0.5, 0.6) is 0 Å². The summed E-state index contributed by atoms with van der Waals surface area (Å²) in [4.78, 5) is 22.1. The van der Waals surface area contributed by atoms with Gasteiger partial charge in [0, 0.05) is 12.8 Å². The Kier molecular flexibility index (Phi) is 5.81. The SMILES string of the molecule is COC(=O)CCCC(=O)OC1COCOC1. The van der Waals surface area contributed by atoms with Gasteiger partial charge in [-0.25, -0.2) is 0 Å². The molecular weight excluding hydrogens is 216 g/mol. The van der Waals surface area contributed by atoms with Gasteiger partial charge in [0.25, 0.3) is 0 Å². The molecule has 0 aromatic heterocycles. The first-order valence-corrected chi connectivity index (χ1v) is 5.14. The van der Waals surface area contributed by atoms with Crippen LogP contribution in [0.15, 0.2) is 0 Å². The van der Waals surface area contributed by atoms with Crippen molar-refractivity contribution in [1.29, 1.82) is 0 Å². The molecular formula is C10H16O6. The van der Waals surface area contributed by atoms with Gasteiger partial charge < -0.3 is 18.9 Å². The summed E-state index contributed by atoms with van der Waals surface area (Å²) in [5.74, 6) is -0.667. The highest BCUT2D eigenvalue weighted by atomic mass is 16.7. The predicted octanol–water partition coefficient (Wildman–Crippen LogP) is 0.246. The van der Waals surface area contributed by atoms with Crippen molar-refractivity contribution in [1.82, 2.24) is 0 Å². The van der Waals surface area contributed by atoms with Gasteiger partial charge in [0.1, 0.15) is 12.9 Å². The summed E-state index contributed by atoms with van der Waals surface area (Å²) < 4.78 is 19.5. The third kappa shape index (κ3) is 5.09. The van der Waals surface area contributed by atoms with Gasteiger partial charge in [0.15, 0.2) is 0 Å². The Hall–Kier alpha value is -1.14. The highest BCUT2D eigenvalue weighted by Crippen LogP contribution is 2.05. The van der Waals surface area contributed by atoms with E-state index in [1.807, 2.05) is 0 Å². The Morgan fingerprint density at radius 2 is 1.81 bits per heavy atom. The Labute approximate surface area is 93.8 Å². The van der Waals surface area contributed by atoms with Crippen LogP contribution in [0, 0.1) is 0 Å². The molecule has 0 N–H and O–H groups in total. The molecule has 1 saturated heterocycles. The molecule has 0 aromatic rings. The molecule has 0 saturated carbocycles. The van der Waals surface area contributed by atoms with E-state index in [4.69, 9.17) is 14.2 Å². The monoisotopic (exact) mass is 232 g/mol. The Bertz CT molecular complexity index is 233. The zero-order valence-electron chi connectivity index (χ0n) is 9.27. The number of hydrogen-bond donors (Lipinski definition) is 0. The van der Waals surface area contributed by atoms with Crippen molar-refractivity contribution >= 4 is 11.9 Å². The first-order chi connectivity index (χ1) is 7.72. The van der Waals surface area contributed by atoms with Crippen LogP contribution < -0.4 is 0 Å². The van der Waals surface area contributed by atoms with Crippen molar-refractivity contribution < 1.29 is 28.5 Å². The maximum absolute atomic E-state index is 11.3. The standard InChI is InChI=1S/C10H16O6/c1-13-9(11)3-2-4-10(12)16-8-5-14-7-15-6-8/h8H,2-7H2,1H3. The quantitative estimate of drug-likeness (QED) is 0.632. The molecule has 0 bridgehead atoms. The summed E-state index contributed by atoms with van der Waals surface area (Å²) >= 11 is 0. The minimum Gasteiger partial charge on any atom is -0.469 e. The minimum absolute atomic E-state index is 0.200.